The average Bonchev–Trinajstić information content (AvgIpc) is 3.72. The van der Waals surface area contributed by atoms with Crippen LogP contribution < -0.4 is 10.2 Å². The summed E-state index contributed by atoms with van der Waals surface area (Å²) in [5, 5.41) is 11.3. The summed E-state index contributed by atoms with van der Waals surface area (Å²) in [6.45, 7) is 10.3. The number of carbonyl (C=O) groups is 2. The lowest BCUT2D eigenvalue weighted by Gasteiger charge is -2.39. The van der Waals surface area contributed by atoms with Crippen LogP contribution in [0.15, 0.2) is 43.1 Å². The van der Waals surface area contributed by atoms with Gasteiger partial charge in [0.05, 0.1) is 41.1 Å². The predicted molar refractivity (Wildman–Crippen MR) is 171 cm³/mol. The Morgan fingerprint density at radius 2 is 1.91 bits per heavy atom. The van der Waals surface area contributed by atoms with Gasteiger partial charge in [-0.3, -0.25) is 19.6 Å². The number of H-pyrrole nitrogens is 1. The number of rotatable bonds is 7. The molecule has 4 aromatic rings. The lowest BCUT2D eigenvalue weighted by atomic mass is 9.83. The molecule has 0 unspecified atom stereocenters. The molecule has 7 rings (SSSR count). The average molecular weight is 615 g/mol. The van der Waals surface area contributed by atoms with Gasteiger partial charge in [0, 0.05) is 67.7 Å². The van der Waals surface area contributed by atoms with E-state index in [4.69, 9.17) is 14.7 Å². The first kappa shape index (κ1) is 28.9. The van der Waals surface area contributed by atoms with Crippen LogP contribution in [-0.4, -0.2) is 100 Å². The quantitative estimate of drug-likeness (QED) is 0.303. The lowest BCUT2D eigenvalue weighted by molar-refractivity contribution is -0.139. The molecule has 0 bridgehead atoms. The lowest BCUT2D eigenvalue weighted by Crippen LogP contribution is -2.54. The van der Waals surface area contributed by atoms with Gasteiger partial charge in [0.2, 0.25) is 11.8 Å². The zero-order valence-electron chi connectivity index (χ0n) is 24.8. The SMILES string of the molecule is C=CC(=O)N[C@@H]1CCCC[C@@H]1C(=O)N1CCN(Cc2cc3nc(-c4cccc5[nH]ncc45)nc(N4CCOCC4)c3s2)CC1. The van der Waals surface area contributed by atoms with E-state index in [1.807, 2.05) is 23.2 Å². The van der Waals surface area contributed by atoms with E-state index < -0.39 is 0 Å². The molecule has 44 heavy (non-hydrogen) atoms. The second-order valence-corrected chi connectivity index (χ2v) is 13.0. The van der Waals surface area contributed by atoms with E-state index in [9.17, 15) is 9.59 Å². The minimum Gasteiger partial charge on any atom is -0.378 e. The number of piperazine rings is 1. The van der Waals surface area contributed by atoms with E-state index in [2.05, 4.69) is 44.0 Å². The number of hydrogen-bond donors (Lipinski definition) is 2. The Balaban J connectivity index is 1.08. The minimum atomic E-state index is -0.199. The molecule has 1 aliphatic carbocycles. The summed E-state index contributed by atoms with van der Waals surface area (Å²) >= 11 is 1.76. The number of aromatic nitrogens is 4. The molecule has 3 fully saturated rings. The molecule has 3 aromatic heterocycles. The van der Waals surface area contributed by atoms with Gasteiger partial charge in [-0.15, -0.1) is 11.3 Å². The van der Waals surface area contributed by atoms with Crippen LogP contribution in [-0.2, 0) is 20.9 Å². The van der Waals surface area contributed by atoms with E-state index >= 15 is 0 Å². The summed E-state index contributed by atoms with van der Waals surface area (Å²) in [6.07, 6.45) is 6.85. The Kier molecular flexibility index (Phi) is 8.28. The molecule has 5 heterocycles. The highest BCUT2D eigenvalue weighted by atomic mass is 32.1. The summed E-state index contributed by atoms with van der Waals surface area (Å²) in [4.78, 5) is 43.6. The molecule has 0 radical (unpaired) electrons. The van der Waals surface area contributed by atoms with Crippen molar-refractivity contribution in [1.29, 1.82) is 0 Å². The number of aromatic amines is 1. The smallest absolute Gasteiger partial charge is 0.243 e. The topological polar surface area (TPSA) is 120 Å². The number of nitrogens with zero attached hydrogens (tertiary/aromatic N) is 6. The first-order chi connectivity index (χ1) is 21.6. The maximum atomic E-state index is 13.5. The number of fused-ring (bicyclic) bond motifs is 2. The summed E-state index contributed by atoms with van der Waals surface area (Å²) in [5.74, 6) is 1.49. The molecule has 3 aliphatic rings. The summed E-state index contributed by atoms with van der Waals surface area (Å²) in [5.41, 5.74) is 2.88. The predicted octanol–water partition coefficient (Wildman–Crippen LogP) is 3.58. The maximum Gasteiger partial charge on any atom is 0.243 e. The number of carbonyl (C=O) groups excluding carboxylic acids is 2. The number of hydrogen-bond acceptors (Lipinski definition) is 9. The molecule has 230 valence electrons. The monoisotopic (exact) mass is 614 g/mol. The van der Waals surface area contributed by atoms with Gasteiger partial charge in [-0.25, -0.2) is 9.97 Å². The third kappa shape index (κ3) is 5.81. The molecule has 2 saturated heterocycles. The summed E-state index contributed by atoms with van der Waals surface area (Å²) in [7, 11) is 0. The van der Waals surface area contributed by atoms with Gasteiger partial charge in [0.25, 0.3) is 0 Å². The van der Waals surface area contributed by atoms with Gasteiger partial charge in [0.1, 0.15) is 0 Å². The third-order valence-electron chi connectivity index (χ3n) is 9.10. The third-order valence-corrected chi connectivity index (χ3v) is 10.2. The van der Waals surface area contributed by atoms with Crippen LogP contribution in [0.4, 0.5) is 5.82 Å². The van der Waals surface area contributed by atoms with Crippen molar-refractivity contribution in [3.63, 3.8) is 0 Å². The van der Waals surface area contributed by atoms with Gasteiger partial charge in [-0.1, -0.05) is 31.6 Å². The number of morpholine rings is 1. The molecule has 11 nitrogen and oxygen atoms in total. The highest BCUT2D eigenvalue weighted by Gasteiger charge is 2.35. The highest BCUT2D eigenvalue weighted by Crippen LogP contribution is 2.36. The van der Waals surface area contributed by atoms with Gasteiger partial charge in [-0.05, 0) is 31.1 Å². The van der Waals surface area contributed by atoms with Crippen molar-refractivity contribution in [2.24, 2.45) is 5.92 Å². The highest BCUT2D eigenvalue weighted by molar-refractivity contribution is 7.19. The molecule has 2 aliphatic heterocycles. The van der Waals surface area contributed by atoms with Crippen molar-refractivity contribution in [2.75, 3.05) is 57.4 Å². The van der Waals surface area contributed by atoms with Crippen LogP contribution in [0.1, 0.15) is 30.6 Å². The van der Waals surface area contributed by atoms with Crippen LogP contribution in [0.3, 0.4) is 0 Å². The minimum absolute atomic E-state index is 0.106. The molecule has 1 saturated carbocycles. The Morgan fingerprint density at radius 3 is 2.73 bits per heavy atom. The second-order valence-electron chi connectivity index (χ2n) is 11.8. The number of thiophene rings is 1. The van der Waals surface area contributed by atoms with E-state index in [-0.39, 0.29) is 23.8 Å². The van der Waals surface area contributed by atoms with Crippen LogP contribution in [0.25, 0.3) is 32.5 Å². The van der Waals surface area contributed by atoms with E-state index in [0.29, 0.717) is 32.1 Å². The Labute approximate surface area is 260 Å². The fourth-order valence-electron chi connectivity index (χ4n) is 6.74. The van der Waals surface area contributed by atoms with Crippen molar-refractivity contribution in [3.05, 3.63) is 48.0 Å². The number of benzene rings is 1. The molecular weight excluding hydrogens is 576 g/mol. The molecular formula is C32H38N8O3S. The van der Waals surface area contributed by atoms with Crippen molar-refractivity contribution < 1.29 is 14.3 Å². The molecule has 2 N–H and O–H groups in total. The van der Waals surface area contributed by atoms with Crippen LogP contribution >= 0.6 is 11.3 Å². The Bertz CT molecular complexity index is 1670. The van der Waals surface area contributed by atoms with Gasteiger partial charge < -0.3 is 19.9 Å². The molecule has 0 spiro atoms. The van der Waals surface area contributed by atoms with Crippen molar-refractivity contribution >= 4 is 50.1 Å². The number of ether oxygens (including phenoxy) is 1. The Morgan fingerprint density at radius 1 is 1.09 bits per heavy atom. The van der Waals surface area contributed by atoms with Gasteiger partial charge in [-0.2, -0.15) is 5.10 Å². The van der Waals surface area contributed by atoms with Crippen molar-refractivity contribution in [2.45, 2.75) is 38.3 Å². The van der Waals surface area contributed by atoms with Crippen molar-refractivity contribution in [3.8, 4) is 11.4 Å². The first-order valence-corrected chi connectivity index (χ1v) is 16.4. The van der Waals surface area contributed by atoms with Gasteiger partial charge in [0.15, 0.2) is 11.6 Å². The normalized spacial score (nSPS) is 21.5. The van der Waals surface area contributed by atoms with E-state index in [0.717, 1.165) is 90.9 Å². The summed E-state index contributed by atoms with van der Waals surface area (Å²) < 4.78 is 6.74. The molecule has 2 amide bonds. The summed E-state index contributed by atoms with van der Waals surface area (Å²) in [6, 6.07) is 8.17. The maximum absolute atomic E-state index is 13.5. The van der Waals surface area contributed by atoms with Gasteiger partial charge >= 0.3 is 0 Å². The number of anilines is 1. The zero-order valence-corrected chi connectivity index (χ0v) is 25.7. The molecule has 12 heteroatoms. The molecule has 2 atom stereocenters. The number of amides is 2. The number of nitrogens with one attached hydrogen (secondary N) is 2. The standard InChI is InChI=1S/C32H38N8O3S/c1-2-28(41)34-25-8-4-3-6-23(25)32(42)40-12-10-38(11-13-40)20-21-18-27-29(44-21)31(39-14-16-43-17-15-39)36-30(35-27)22-7-5-9-26-24(22)19-33-37-26/h2,5,7,9,18-19,23,25H,1,3-4,6,8,10-17,20H2,(H,33,37)(H,34,41)/t23-,25+/m0/s1. The second kappa shape index (κ2) is 12.6. The fraction of sp³-hybridized carbons (Fsp3) is 0.469. The Hall–Kier alpha value is -3.87. The van der Waals surface area contributed by atoms with E-state index in [1.165, 1.54) is 11.0 Å². The largest absolute Gasteiger partial charge is 0.378 e. The van der Waals surface area contributed by atoms with Crippen LogP contribution in [0, 0.1) is 5.92 Å². The van der Waals surface area contributed by atoms with Crippen molar-refractivity contribution in [1.82, 2.24) is 35.3 Å². The fourth-order valence-corrected chi connectivity index (χ4v) is 7.89. The van der Waals surface area contributed by atoms with Crippen LogP contribution in [0.5, 0.6) is 0 Å². The zero-order chi connectivity index (χ0) is 30.0. The van der Waals surface area contributed by atoms with Crippen LogP contribution in [0.2, 0.25) is 0 Å². The first-order valence-electron chi connectivity index (χ1n) is 15.6. The molecule has 1 aromatic carbocycles. The van der Waals surface area contributed by atoms with E-state index in [1.54, 1.807) is 11.3 Å².